The van der Waals surface area contributed by atoms with Crippen LogP contribution in [-0.2, 0) is 4.79 Å². The van der Waals surface area contributed by atoms with Gasteiger partial charge in [-0.05, 0) is 30.3 Å². The third-order valence-electron chi connectivity index (χ3n) is 3.23. The molecule has 1 heterocycles. The second-order valence-corrected chi connectivity index (χ2v) is 4.91. The summed E-state index contributed by atoms with van der Waals surface area (Å²) in [5, 5.41) is 9.08. The molecular weight excluding hydrogens is 294 g/mol. The van der Waals surface area contributed by atoms with E-state index in [9.17, 15) is 4.79 Å². The lowest BCUT2D eigenvalue weighted by Gasteiger charge is -2.16. The van der Waals surface area contributed by atoms with Crippen molar-refractivity contribution in [2.24, 2.45) is 0 Å². The quantitative estimate of drug-likeness (QED) is 0.630. The first-order chi connectivity index (χ1) is 11.2. The summed E-state index contributed by atoms with van der Waals surface area (Å²) in [6, 6.07) is 16.0. The lowest BCUT2D eigenvalue weighted by Crippen LogP contribution is -2.44. The smallest absolute Gasteiger partial charge is 0.327 e. The van der Waals surface area contributed by atoms with E-state index in [4.69, 9.17) is 9.84 Å². The van der Waals surface area contributed by atoms with Crippen molar-refractivity contribution in [1.82, 2.24) is 16.4 Å². The van der Waals surface area contributed by atoms with E-state index in [2.05, 4.69) is 28.2 Å². The van der Waals surface area contributed by atoms with Crippen molar-refractivity contribution in [1.29, 1.82) is 0 Å². The average Bonchev–Trinajstić information content (AvgIpc) is 3.03. The Labute approximate surface area is 133 Å². The minimum Gasteiger partial charge on any atom is -0.480 e. The number of benzene rings is 2. The van der Waals surface area contributed by atoms with Crippen LogP contribution >= 0.6 is 0 Å². The molecule has 2 unspecified atom stereocenters. The summed E-state index contributed by atoms with van der Waals surface area (Å²) < 4.78 is 5.66. The molecule has 2 aromatic carbocycles. The molecule has 0 aliphatic carbocycles. The summed E-state index contributed by atoms with van der Waals surface area (Å²) in [5.74, 6) is 5.66. The molecule has 0 amide bonds. The maximum absolute atomic E-state index is 11.1. The molecule has 23 heavy (non-hydrogen) atoms. The molecule has 4 N–H and O–H groups in total. The summed E-state index contributed by atoms with van der Waals surface area (Å²) in [5.41, 5.74) is 9.55. The molecule has 0 bridgehead atoms. The van der Waals surface area contributed by atoms with Crippen LogP contribution in [0.1, 0.15) is 11.1 Å². The Morgan fingerprint density at radius 2 is 1.74 bits per heavy atom. The van der Waals surface area contributed by atoms with Crippen LogP contribution in [0.25, 0.3) is 0 Å². The van der Waals surface area contributed by atoms with Crippen LogP contribution in [0.2, 0.25) is 0 Å². The standard InChI is InChI=1S/C17H15N3O3/c21-17(22)15-16(19-20-18-15)23-14-8-4-7-13(11-14)10-9-12-5-2-1-3-6-12/h1-8,11,15-16,18-20H,(H,21,22). The van der Waals surface area contributed by atoms with E-state index in [1.807, 2.05) is 42.5 Å². The molecule has 2 aromatic rings. The van der Waals surface area contributed by atoms with Gasteiger partial charge in [-0.15, -0.1) is 0 Å². The Balaban J connectivity index is 1.73. The number of aliphatic carboxylic acids is 1. The Bertz CT molecular complexity index is 752. The number of carbonyl (C=O) groups is 1. The Kier molecular flexibility index (Phi) is 4.54. The molecular formula is C17H15N3O3. The normalized spacial score (nSPS) is 19.7. The highest BCUT2D eigenvalue weighted by molar-refractivity contribution is 5.74. The number of nitrogens with one attached hydrogen (secondary N) is 3. The number of hydrogen-bond donors (Lipinski definition) is 4. The maximum Gasteiger partial charge on any atom is 0.327 e. The lowest BCUT2D eigenvalue weighted by molar-refractivity contribution is -0.141. The van der Waals surface area contributed by atoms with Crippen LogP contribution < -0.4 is 21.1 Å². The SMILES string of the molecule is O=C(O)C1NNNC1Oc1cccc(C#Cc2ccccc2)c1. The van der Waals surface area contributed by atoms with E-state index in [0.717, 1.165) is 11.1 Å². The average molecular weight is 309 g/mol. The number of ether oxygens (including phenoxy) is 1. The van der Waals surface area contributed by atoms with Crippen molar-refractivity contribution >= 4 is 5.97 Å². The zero-order valence-corrected chi connectivity index (χ0v) is 12.1. The van der Waals surface area contributed by atoms with Gasteiger partial charge in [-0.1, -0.05) is 36.1 Å². The van der Waals surface area contributed by atoms with Crippen LogP contribution in [0.4, 0.5) is 0 Å². The predicted octanol–water partition coefficient (Wildman–Crippen LogP) is 0.857. The largest absolute Gasteiger partial charge is 0.480 e. The summed E-state index contributed by atoms with van der Waals surface area (Å²) >= 11 is 0. The molecule has 2 atom stereocenters. The second kappa shape index (κ2) is 6.94. The molecule has 116 valence electrons. The van der Waals surface area contributed by atoms with Crippen LogP contribution in [-0.4, -0.2) is 23.3 Å². The Hall–Kier alpha value is -2.85. The van der Waals surface area contributed by atoms with Crippen molar-refractivity contribution in [3.63, 3.8) is 0 Å². The van der Waals surface area contributed by atoms with Gasteiger partial charge in [0.1, 0.15) is 5.75 Å². The summed E-state index contributed by atoms with van der Waals surface area (Å²) in [7, 11) is 0. The number of rotatable bonds is 3. The van der Waals surface area contributed by atoms with Gasteiger partial charge in [-0.2, -0.15) is 5.53 Å². The van der Waals surface area contributed by atoms with Crippen LogP contribution in [0.15, 0.2) is 54.6 Å². The van der Waals surface area contributed by atoms with Crippen LogP contribution in [0, 0.1) is 11.8 Å². The zero-order valence-electron chi connectivity index (χ0n) is 12.1. The van der Waals surface area contributed by atoms with E-state index < -0.39 is 18.2 Å². The van der Waals surface area contributed by atoms with E-state index in [0.29, 0.717) is 5.75 Å². The molecule has 1 aliphatic heterocycles. The van der Waals surface area contributed by atoms with Gasteiger partial charge < -0.3 is 9.84 Å². The first-order valence-electron chi connectivity index (χ1n) is 7.05. The third-order valence-corrected chi connectivity index (χ3v) is 3.23. The predicted molar refractivity (Wildman–Crippen MR) is 84.1 cm³/mol. The minimum atomic E-state index is -1.01. The van der Waals surface area contributed by atoms with Gasteiger partial charge in [0.05, 0.1) is 0 Å². The highest BCUT2D eigenvalue weighted by Gasteiger charge is 2.34. The zero-order chi connectivity index (χ0) is 16.1. The number of hydrazine groups is 2. The van der Waals surface area contributed by atoms with Crippen molar-refractivity contribution < 1.29 is 14.6 Å². The van der Waals surface area contributed by atoms with Gasteiger partial charge in [0.25, 0.3) is 0 Å². The number of carboxylic acids is 1. The summed E-state index contributed by atoms with van der Waals surface area (Å²) in [6.45, 7) is 0. The van der Waals surface area contributed by atoms with Gasteiger partial charge in [-0.3, -0.25) is 4.79 Å². The van der Waals surface area contributed by atoms with E-state index in [1.54, 1.807) is 12.1 Å². The van der Waals surface area contributed by atoms with Crippen molar-refractivity contribution in [3.05, 3.63) is 65.7 Å². The molecule has 0 saturated carbocycles. The molecule has 1 aliphatic rings. The fourth-order valence-electron chi connectivity index (χ4n) is 2.10. The van der Waals surface area contributed by atoms with Gasteiger partial charge >= 0.3 is 5.97 Å². The van der Waals surface area contributed by atoms with E-state index in [1.165, 1.54) is 0 Å². The first kappa shape index (κ1) is 15.1. The summed E-state index contributed by atoms with van der Waals surface area (Å²) in [6.07, 6.45) is -0.718. The van der Waals surface area contributed by atoms with Gasteiger partial charge in [0, 0.05) is 11.1 Å². The Morgan fingerprint density at radius 3 is 2.52 bits per heavy atom. The van der Waals surface area contributed by atoms with Crippen molar-refractivity contribution in [2.75, 3.05) is 0 Å². The van der Waals surface area contributed by atoms with E-state index in [-0.39, 0.29) is 0 Å². The monoisotopic (exact) mass is 309 g/mol. The minimum absolute atomic E-state index is 0.541. The van der Waals surface area contributed by atoms with Crippen molar-refractivity contribution in [3.8, 4) is 17.6 Å². The molecule has 0 spiro atoms. The molecule has 0 aromatic heterocycles. The fourth-order valence-corrected chi connectivity index (χ4v) is 2.10. The van der Waals surface area contributed by atoms with Gasteiger partial charge in [-0.25, -0.2) is 10.9 Å². The second-order valence-electron chi connectivity index (χ2n) is 4.91. The number of hydrogen-bond acceptors (Lipinski definition) is 5. The Morgan fingerprint density at radius 1 is 1.00 bits per heavy atom. The van der Waals surface area contributed by atoms with Crippen LogP contribution in [0.5, 0.6) is 5.75 Å². The molecule has 6 nitrogen and oxygen atoms in total. The maximum atomic E-state index is 11.1. The molecule has 3 rings (SSSR count). The molecule has 6 heteroatoms. The number of carboxylic acid groups (broad SMARTS) is 1. The highest BCUT2D eigenvalue weighted by Crippen LogP contribution is 2.15. The summed E-state index contributed by atoms with van der Waals surface area (Å²) in [4.78, 5) is 11.1. The topological polar surface area (TPSA) is 82.6 Å². The lowest BCUT2D eigenvalue weighted by atomic mass is 10.2. The first-order valence-corrected chi connectivity index (χ1v) is 7.05. The fraction of sp³-hybridized carbons (Fsp3) is 0.118. The van der Waals surface area contributed by atoms with Gasteiger partial charge in [0.2, 0.25) is 0 Å². The van der Waals surface area contributed by atoms with Crippen LogP contribution in [0.3, 0.4) is 0 Å². The molecule has 1 saturated heterocycles. The van der Waals surface area contributed by atoms with E-state index >= 15 is 0 Å². The molecule has 0 radical (unpaired) electrons. The van der Waals surface area contributed by atoms with Crippen molar-refractivity contribution in [2.45, 2.75) is 12.3 Å². The van der Waals surface area contributed by atoms with Gasteiger partial charge in [0.15, 0.2) is 12.3 Å². The molecule has 1 fully saturated rings. The highest BCUT2D eigenvalue weighted by atomic mass is 16.5. The third kappa shape index (κ3) is 3.87.